The maximum Gasteiger partial charge on any atom is 0.323 e. The second kappa shape index (κ2) is 12.6. The average molecular weight is 608 g/mol. The fourth-order valence-electron chi connectivity index (χ4n) is 5.18. The van der Waals surface area contributed by atoms with Crippen molar-refractivity contribution in [2.45, 2.75) is 19.5 Å². The topological polar surface area (TPSA) is 86.3 Å². The molecule has 3 amide bonds. The van der Waals surface area contributed by atoms with Gasteiger partial charge in [-0.2, -0.15) is 0 Å². The molecule has 2 aliphatic heterocycles. The van der Waals surface area contributed by atoms with Gasteiger partial charge in [0.2, 0.25) is 0 Å². The maximum atomic E-state index is 15.1. The summed E-state index contributed by atoms with van der Waals surface area (Å²) < 4.78 is 62.0. The molecule has 2 N–H and O–H groups in total. The number of urea groups is 1. The van der Waals surface area contributed by atoms with Gasteiger partial charge in [-0.25, -0.2) is 27.3 Å². The van der Waals surface area contributed by atoms with Gasteiger partial charge in [-0.1, -0.05) is 18.2 Å². The van der Waals surface area contributed by atoms with Crippen LogP contribution >= 0.6 is 0 Å². The lowest BCUT2D eigenvalue weighted by molar-refractivity contribution is -0.127. The van der Waals surface area contributed by atoms with Crippen molar-refractivity contribution in [3.05, 3.63) is 107 Å². The molecule has 3 aromatic rings. The number of fused-ring (bicyclic) bond motifs is 1. The largest absolute Gasteiger partial charge is 0.497 e. The number of nitrogens with one attached hydrogen (secondary N) is 2. The number of benzene rings is 3. The van der Waals surface area contributed by atoms with Gasteiger partial charge in [-0.15, -0.1) is 0 Å². The van der Waals surface area contributed by atoms with E-state index in [1.54, 1.807) is 31.2 Å². The van der Waals surface area contributed by atoms with E-state index in [1.807, 2.05) is 42.3 Å². The number of likely N-dealkylation sites (N-methyl/N-ethyl adjacent to an activating group) is 1. The molecule has 0 aromatic heterocycles. The molecule has 0 saturated carbocycles. The Bertz CT molecular complexity index is 1670. The van der Waals surface area contributed by atoms with Gasteiger partial charge in [0.15, 0.2) is 0 Å². The van der Waals surface area contributed by atoms with E-state index in [0.717, 1.165) is 29.5 Å². The van der Waals surface area contributed by atoms with Crippen molar-refractivity contribution in [1.29, 1.82) is 0 Å². The van der Waals surface area contributed by atoms with Crippen molar-refractivity contribution in [1.82, 2.24) is 9.80 Å². The minimum Gasteiger partial charge on any atom is -0.497 e. The maximum absolute atomic E-state index is 15.1. The van der Waals surface area contributed by atoms with E-state index in [9.17, 15) is 22.8 Å². The number of amides is 3. The number of rotatable bonds is 8. The summed E-state index contributed by atoms with van der Waals surface area (Å²) in [6.45, 7) is 2.66. The van der Waals surface area contributed by atoms with Crippen molar-refractivity contribution >= 4 is 35.1 Å². The van der Waals surface area contributed by atoms with Crippen LogP contribution in [-0.2, 0) is 11.3 Å². The van der Waals surface area contributed by atoms with Crippen molar-refractivity contribution < 1.29 is 31.9 Å². The summed E-state index contributed by atoms with van der Waals surface area (Å²) in [5.74, 6) is -3.41. The SMILES string of the molecule is CCN1C(=O)C(c2cc(NC(=O)Nc3cc(F)cc(F)c3)c(F)cc2F)=CC2C=NC(N(C)Cc3ccc(OC)cc3)=CC21. The Balaban J connectivity index is 1.37. The molecule has 0 spiro atoms. The van der Waals surface area contributed by atoms with E-state index in [4.69, 9.17) is 4.74 Å². The number of aliphatic imine (C=N–C) groups is 1. The van der Waals surface area contributed by atoms with E-state index >= 15 is 4.39 Å². The summed E-state index contributed by atoms with van der Waals surface area (Å²) in [6, 6.07) is 10.2. The van der Waals surface area contributed by atoms with Crippen molar-refractivity contribution in [2.75, 3.05) is 31.3 Å². The van der Waals surface area contributed by atoms with E-state index in [-0.39, 0.29) is 22.9 Å². The third kappa shape index (κ3) is 6.43. The van der Waals surface area contributed by atoms with Crippen LogP contribution in [0.5, 0.6) is 5.75 Å². The molecule has 0 saturated heterocycles. The summed E-state index contributed by atoms with van der Waals surface area (Å²) >= 11 is 0. The fraction of sp³-hybridized carbons (Fsp3) is 0.219. The molecule has 228 valence electrons. The molecule has 2 atom stereocenters. The highest BCUT2D eigenvalue weighted by Crippen LogP contribution is 2.35. The standard InChI is InChI=1S/C32H29F4N5O3/c1-4-41-29-15-30(40(2)17-18-5-7-23(44-3)8-6-18)37-16-19(29)9-25(31(41)42)24-13-28(27(36)14-26(24)35)39-32(43)38-22-11-20(33)10-21(34)12-22/h5-16,19,29H,4,17H2,1-3H3,(H2,38,39,43). The van der Waals surface area contributed by atoms with Crippen LogP contribution in [0.4, 0.5) is 33.7 Å². The lowest BCUT2D eigenvalue weighted by atomic mass is 9.87. The second-order valence-electron chi connectivity index (χ2n) is 10.3. The number of anilines is 2. The van der Waals surface area contributed by atoms with Gasteiger partial charge in [-0.05, 0) is 48.9 Å². The van der Waals surface area contributed by atoms with Crippen LogP contribution < -0.4 is 15.4 Å². The first-order chi connectivity index (χ1) is 21.1. The van der Waals surface area contributed by atoms with Crippen LogP contribution in [0.2, 0.25) is 0 Å². The van der Waals surface area contributed by atoms with E-state index < -0.39 is 46.8 Å². The van der Waals surface area contributed by atoms with Crippen LogP contribution in [0.15, 0.2) is 77.6 Å². The van der Waals surface area contributed by atoms with Crippen molar-refractivity contribution in [2.24, 2.45) is 10.9 Å². The molecule has 0 aliphatic carbocycles. The number of halogens is 4. The molecule has 2 aliphatic rings. The van der Waals surface area contributed by atoms with Gasteiger partial charge in [0.1, 0.15) is 34.8 Å². The fourth-order valence-corrected chi connectivity index (χ4v) is 5.18. The normalized spacial score (nSPS) is 17.4. The molecule has 0 bridgehead atoms. The Morgan fingerprint density at radius 3 is 2.34 bits per heavy atom. The number of carbonyl (C=O) groups is 2. The van der Waals surface area contributed by atoms with Crippen LogP contribution in [0.3, 0.4) is 0 Å². The first-order valence-electron chi connectivity index (χ1n) is 13.7. The van der Waals surface area contributed by atoms with Gasteiger partial charge < -0.3 is 25.2 Å². The second-order valence-corrected chi connectivity index (χ2v) is 10.3. The lowest BCUT2D eigenvalue weighted by Crippen LogP contribution is -2.48. The predicted molar refractivity (Wildman–Crippen MR) is 159 cm³/mol. The number of methoxy groups -OCH3 is 1. The third-order valence-electron chi connectivity index (χ3n) is 7.33. The van der Waals surface area contributed by atoms with E-state index in [0.29, 0.717) is 31.0 Å². The van der Waals surface area contributed by atoms with Crippen LogP contribution in [0.25, 0.3) is 5.57 Å². The summed E-state index contributed by atoms with van der Waals surface area (Å²) in [7, 11) is 3.49. The molecule has 5 rings (SSSR count). The third-order valence-corrected chi connectivity index (χ3v) is 7.33. The van der Waals surface area contributed by atoms with Crippen molar-refractivity contribution in [3.8, 4) is 5.75 Å². The minimum atomic E-state index is -1.10. The Hall–Kier alpha value is -5.13. The number of carbonyl (C=O) groups excluding carboxylic acids is 2. The summed E-state index contributed by atoms with van der Waals surface area (Å²) in [4.78, 5) is 34.2. The highest BCUT2D eigenvalue weighted by molar-refractivity contribution is 6.21. The summed E-state index contributed by atoms with van der Waals surface area (Å²) in [6.07, 6.45) is 5.15. The van der Waals surface area contributed by atoms with Gasteiger partial charge >= 0.3 is 6.03 Å². The predicted octanol–water partition coefficient (Wildman–Crippen LogP) is 6.18. The van der Waals surface area contributed by atoms with E-state index in [1.165, 1.54) is 0 Å². The average Bonchev–Trinajstić information content (AvgIpc) is 2.98. The number of hydrogen-bond donors (Lipinski definition) is 2. The quantitative estimate of drug-likeness (QED) is 0.300. The van der Waals surface area contributed by atoms with Crippen LogP contribution in [-0.4, -0.2) is 54.7 Å². The molecule has 2 unspecified atom stereocenters. The van der Waals surface area contributed by atoms with Crippen LogP contribution in [0.1, 0.15) is 18.1 Å². The molecule has 0 radical (unpaired) electrons. The van der Waals surface area contributed by atoms with Gasteiger partial charge in [0.25, 0.3) is 5.91 Å². The molecule has 12 heteroatoms. The van der Waals surface area contributed by atoms with Gasteiger partial charge in [-0.3, -0.25) is 4.79 Å². The molecular formula is C32H29F4N5O3. The van der Waals surface area contributed by atoms with Gasteiger partial charge in [0, 0.05) is 61.2 Å². The number of hydrogen-bond acceptors (Lipinski definition) is 5. The monoisotopic (exact) mass is 607 g/mol. The molecular weight excluding hydrogens is 578 g/mol. The lowest BCUT2D eigenvalue weighted by Gasteiger charge is -2.39. The molecule has 2 heterocycles. The Morgan fingerprint density at radius 1 is 0.977 bits per heavy atom. The Labute approximate surface area is 251 Å². The highest BCUT2D eigenvalue weighted by Gasteiger charge is 2.37. The van der Waals surface area contributed by atoms with Gasteiger partial charge in [0.05, 0.1) is 18.8 Å². The minimum absolute atomic E-state index is 0.0175. The Kier molecular flexibility index (Phi) is 8.70. The zero-order valence-electron chi connectivity index (χ0n) is 24.1. The first-order valence-corrected chi connectivity index (χ1v) is 13.7. The van der Waals surface area contributed by atoms with E-state index in [2.05, 4.69) is 15.6 Å². The smallest absolute Gasteiger partial charge is 0.323 e. The molecule has 44 heavy (non-hydrogen) atoms. The molecule has 8 nitrogen and oxygen atoms in total. The zero-order valence-corrected chi connectivity index (χ0v) is 24.1. The number of nitrogens with zero attached hydrogens (tertiary/aromatic N) is 3. The zero-order chi connectivity index (χ0) is 31.5. The summed E-state index contributed by atoms with van der Waals surface area (Å²) in [5.41, 5.74) is 0.149. The Morgan fingerprint density at radius 2 is 1.68 bits per heavy atom. The summed E-state index contributed by atoms with van der Waals surface area (Å²) in [5, 5.41) is 4.40. The number of ether oxygens (including phenoxy) is 1. The molecule has 0 fully saturated rings. The van der Waals surface area contributed by atoms with Crippen molar-refractivity contribution in [3.63, 3.8) is 0 Å². The first kappa shape index (κ1) is 30.3. The highest BCUT2D eigenvalue weighted by atomic mass is 19.1. The molecule has 3 aromatic carbocycles. The van der Waals surface area contributed by atoms with Crippen LogP contribution in [0, 0.1) is 29.2 Å².